The zero-order valence-electron chi connectivity index (χ0n) is 12.2. The number of hydrogen-bond donors (Lipinski definition) is 3. The average molecular weight is 314 g/mol. The summed E-state index contributed by atoms with van der Waals surface area (Å²) in [5, 5.41) is 30.8. The van der Waals surface area contributed by atoms with Crippen LogP contribution in [0.5, 0.6) is 17.2 Å². The van der Waals surface area contributed by atoms with Crippen LogP contribution in [0, 0.1) is 6.92 Å². The first kappa shape index (κ1) is 15.1. The van der Waals surface area contributed by atoms with E-state index in [9.17, 15) is 24.9 Å². The number of rotatable bonds is 2. The fourth-order valence-corrected chi connectivity index (χ4v) is 2.70. The molecule has 0 bridgehead atoms. The summed E-state index contributed by atoms with van der Waals surface area (Å²) in [5.41, 5.74) is -0.149. The van der Waals surface area contributed by atoms with Crippen LogP contribution < -0.4 is 4.74 Å². The number of fused-ring (bicyclic) bond motifs is 1. The van der Waals surface area contributed by atoms with Crippen LogP contribution in [0.15, 0.2) is 30.3 Å². The number of ketones is 1. The topological polar surface area (TPSA) is 104 Å². The molecule has 23 heavy (non-hydrogen) atoms. The first-order valence-corrected chi connectivity index (χ1v) is 6.93. The van der Waals surface area contributed by atoms with Crippen LogP contribution in [0.4, 0.5) is 0 Å². The Kier molecular flexibility index (Phi) is 3.34. The summed E-state index contributed by atoms with van der Waals surface area (Å²) >= 11 is 0. The van der Waals surface area contributed by atoms with Gasteiger partial charge in [0, 0.05) is 11.1 Å². The highest BCUT2D eigenvalue weighted by atomic mass is 16.6. The zero-order valence-corrected chi connectivity index (χ0v) is 12.2. The Morgan fingerprint density at radius 2 is 1.83 bits per heavy atom. The minimum absolute atomic E-state index is 0.00736. The van der Waals surface area contributed by atoms with Gasteiger partial charge in [-0.3, -0.25) is 9.59 Å². The number of phenols is 2. The van der Waals surface area contributed by atoms with Crippen LogP contribution in [0.1, 0.15) is 38.3 Å². The van der Waals surface area contributed by atoms with Crippen molar-refractivity contribution in [3.05, 3.63) is 52.6 Å². The third kappa shape index (κ3) is 2.15. The van der Waals surface area contributed by atoms with E-state index in [2.05, 4.69) is 0 Å². The van der Waals surface area contributed by atoms with E-state index in [1.54, 1.807) is 30.3 Å². The van der Waals surface area contributed by atoms with Gasteiger partial charge in [-0.05, 0) is 6.92 Å². The summed E-state index contributed by atoms with van der Waals surface area (Å²) in [6, 6.07) is 8.23. The van der Waals surface area contributed by atoms with Crippen LogP contribution in [0.3, 0.4) is 0 Å². The van der Waals surface area contributed by atoms with Gasteiger partial charge < -0.3 is 20.1 Å². The zero-order chi connectivity index (χ0) is 16.8. The van der Waals surface area contributed by atoms with Gasteiger partial charge in [0.05, 0.1) is 12.0 Å². The van der Waals surface area contributed by atoms with Gasteiger partial charge in [0.25, 0.3) is 0 Å². The second kappa shape index (κ2) is 5.10. The van der Waals surface area contributed by atoms with Crippen molar-refractivity contribution in [2.45, 2.75) is 19.1 Å². The predicted octanol–water partition coefficient (Wildman–Crippen LogP) is 2.03. The molecule has 2 aromatic rings. The summed E-state index contributed by atoms with van der Waals surface area (Å²) in [5.74, 6) is -3.81. The van der Waals surface area contributed by atoms with Crippen molar-refractivity contribution in [2.24, 2.45) is 0 Å². The minimum Gasteiger partial charge on any atom is -0.507 e. The number of carbonyl (C=O) groups excluding carboxylic acids is 2. The molecule has 0 saturated carbocycles. The number of carbonyl (C=O) groups is 2. The van der Waals surface area contributed by atoms with Crippen LogP contribution >= 0.6 is 0 Å². The number of phenolic OH excluding ortho intramolecular Hbond substituents is 2. The molecule has 6 heteroatoms. The van der Waals surface area contributed by atoms with Gasteiger partial charge in [0.1, 0.15) is 17.1 Å². The summed E-state index contributed by atoms with van der Waals surface area (Å²) in [7, 11) is 0. The molecular formula is C17H14O6. The maximum atomic E-state index is 12.4. The Morgan fingerprint density at radius 3 is 2.43 bits per heavy atom. The molecule has 0 radical (unpaired) electrons. The number of aldehydes is 1. The number of aliphatic hydroxyl groups is 1. The Balaban J connectivity index is 2.24. The number of ether oxygens (including phenoxy) is 1. The van der Waals surface area contributed by atoms with E-state index in [1.807, 2.05) is 0 Å². The van der Waals surface area contributed by atoms with Crippen LogP contribution in [0.25, 0.3) is 0 Å². The van der Waals surface area contributed by atoms with Crippen molar-refractivity contribution < 1.29 is 29.6 Å². The number of hydrogen-bond acceptors (Lipinski definition) is 6. The molecule has 0 spiro atoms. The van der Waals surface area contributed by atoms with E-state index >= 15 is 0 Å². The standard InChI is InChI=1S/C17H14O6/c1-9-14(20)11(8-18)16-13(15(9)21)12(19)7-17(22,23-16)10-5-3-2-4-6-10/h2-6,8,20-22H,7H2,1H3. The van der Waals surface area contributed by atoms with Crippen molar-refractivity contribution in [1.29, 1.82) is 0 Å². The molecular weight excluding hydrogens is 300 g/mol. The van der Waals surface area contributed by atoms with Crippen molar-refractivity contribution in [3.63, 3.8) is 0 Å². The molecule has 6 nitrogen and oxygen atoms in total. The lowest BCUT2D eigenvalue weighted by atomic mass is 9.89. The third-order valence-corrected chi connectivity index (χ3v) is 3.97. The van der Waals surface area contributed by atoms with Gasteiger partial charge in [-0.1, -0.05) is 30.3 Å². The predicted molar refractivity (Wildman–Crippen MR) is 79.8 cm³/mol. The fourth-order valence-electron chi connectivity index (χ4n) is 2.70. The van der Waals surface area contributed by atoms with Gasteiger partial charge in [0.2, 0.25) is 5.79 Å². The monoisotopic (exact) mass is 314 g/mol. The molecule has 1 heterocycles. The van der Waals surface area contributed by atoms with Gasteiger partial charge in [0.15, 0.2) is 17.8 Å². The molecule has 3 rings (SSSR count). The van der Waals surface area contributed by atoms with Crippen LogP contribution in [-0.2, 0) is 5.79 Å². The number of benzene rings is 2. The smallest absolute Gasteiger partial charge is 0.242 e. The van der Waals surface area contributed by atoms with Gasteiger partial charge in [-0.15, -0.1) is 0 Å². The van der Waals surface area contributed by atoms with E-state index in [0.29, 0.717) is 11.8 Å². The molecule has 0 saturated heterocycles. The van der Waals surface area contributed by atoms with E-state index < -0.39 is 29.5 Å². The van der Waals surface area contributed by atoms with E-state index in [-0.39, 0.29) is 22.4 Å². The normalized spacial score (nSPS) is 19.8. The summed E-state index contributed by atoms with van der Waals surface area (Å²) in [6.07, 6.45) is -0.0926. The van der Waals surface area contributed by atoms with E-state index in [4.69, 9.17) is 4.74 Å². The molecule has 118 valence electrons. The third-order valence-electron chi connectivity index (χ3n) is 3.97. The number of Topliss-reactive ketones (excluding diaryl/α,β-unsaturated/α-hetero) is 1. The maximum absolute atomic E-state index is 12.4. The second-order valence-electron chi connectivity index (χ2n) is 5.41. The Morgan fingerprint density at radius 1 is 1.17 bits per heavy atom. The quantitative estimate of drug-likeness (QED) is 0.733. The molecule has 0 amide bonds. The Labute approximate surface area is 131 Å². The minimum atomic E-state index is -1.97. The van der Waals surface area contributed by atoms with Crippen molar-refractivity contribution >= 4 is 12.1 Å². The molecule has 1 aliphatic heterocycles. The molecule has 1 unspecified atom stereocenters. The number of aromatic hydroxyl groups is 2. The first-order valence-electron chi connectivity index (χ1n) is 6.93. The Bertz CT molecular complexity index is 812. The lowest BCUT2D eigenvalue weighted by Crippen LogP contribution is -2.39. The largest absolute Gasteiger partial charge is 0.507 e. The van der Waals surface area contributed by atoms with E-state index in [0.717, 1.165) is 0 Å². The van der Waals surface area contributed by atoms with Gasteiger partial charge in [-0.2, -0.15) is 0 Å². The summed E-state index contributed by atoms with van der Waals surface area (Å²) < 4.78 is 5.50. The first-order chi connectivity index (χ1) is 10.9. The highest BCUT2D eigenvalue weighted by Gasteiger charge is 2.44. The lowest BCUT2D eigenvalue weighted by molar-refractivity contribution is -0.147. The van der Waals surface area contributed by atoms with Crippen LogP contribution in [-0.4, -0.2) is 27.4 Å². The average Bonchev–Trinajstić information content (AvgIpc) is 2.53. The second-order valence-corrected chi connectivity index (χ2v) is 5.41. The maximum Gasteiger partial charge on any atom is 0.242 e. The highest BCUT2D eigenvalue weighted by Crippen LogP contribution is 2.48. The molecule has 0 aromatic heterocycles. The molecule has 0 aliphatic carbocycles. The van der Waals surface area contributed by atoms with Crippen molar-refractivity contribution in [2.75, 3.05) is 0 Å². The van der Waals surface area contributed by atoms with Crippen LogP contribution in [0.2, 0.25) is 0 Å². The van der Waals surface area contributed by atoms with Gasteiger partial charge in [-0.25, -0.2) is 0 Å². The highest BCUT2D eigenvalue weighted by molar-refractivity contribution is 6.06. The molecule has 3 N–H and O–H groups in total. The van der Waals surface area contributed by atoms with Crippen molar-refractivity contribution in [1.82, 2.24) is 0 Å². The lowest BCUT2D eigenvalue weighted by Gasteiger charge is -2.34. The summed E-state index contributed by atoms with van der Waals surface area (Å²) in [6.45, 7) is 1.38. The Hall–Kier alpha value is -2.86. The molecule has 0 fully saturated rings. The molecule has 2 aromatic carbocycles. The van der Waals surface area contributed by atoms with Gasteiger partial charge >= 0.3 is 0 Å². The molecule has 1 aliphatic rings. The molecule has 1 atom stereocenters. The van der Waals surface area contributed by atoms with Crippen molar-refractivity contribution in [3.8, 4) is 17.2 Å². The fraction of sp³-hybridized carbons (Fsp3) is 0.176. The van der Waals surface area contributed by atoms with E-state index in [1.165, 1.54) is 6.92 Å². The summed E-state index contributed by atoms with van der Waals surface area (Å²) in [4.78, 5) is 23.7. The SMILES string of the molecule is Cc1c(O)c(C=O)c2c(c1O)C(=O)CC(O)(c1ccccc1)O2.